The van der Waals surface area contributed by atoms with Gasteiger partial charge in [-0.05, 0) is 12.8 Å². The molecule has 24 heavy (non-hydrogen) atoms. The van der Waals surface area contributed by atoms with Gasteiger partial charge in [-0.25, -0.2) is 0 Å². The summed E-state index contributed by atoms with van der Waals surface area (Å²) in [6, 6.07) is 0. The van der Waals surface area contributed by atoms with Crippen molar-refractivity contribution in [3.05, 3.63) is 0 Å². The molecule has 3 rings (SSSR count). The second kappa shape index (κ2) is 11.9. The van der Waals surface area contributed by atoms with Gasteiger partial charge in [0.25, 0.3) is 0 Å². The van der Waals surface area contributed by atoms with Gasteiger partial charge in [-0.1, -0.05) is 58.3 Å². The fourth-order valence-corrected chi connectivity index (χ4v) is 4.82. The zero-order valence-electron chi connectivity index (χ0n) is 16.3. The highest BCUT2D eigenvalue weighted by atomic mass is 79.9. The van der Waals surface area contributed by atoms with Gasteiger partial charge in [-0.15, -0.1) is 0 Å². The van der Waals surface area contributed by atoms with E-state index in [-0.39, 0.29) is 17.0 Å². The summed E-state index contributed by atoms with van der Waals surface area (Å²) in [5.41, 5.74) is 5.82. The van der Waals surface area contributed by atoms with Crippen molar-refractivity contribution >= 4 is 0 Å². The average molecular weight is 405 g/mol. The Kier molecular flexibility index (Phi) is 11.1. The molecule has 0 aromatic heterocycles. The lowest BCUT2D eigenvalue weighted by Gasteiger charge is -2.55. The van der Waals surface area contributed by atoms with E-state index in [2.05, 4.69) is 6.92 Å². The van der Waals surface area contributed by atoms with Crippen LogP contribution in [0.25, 0.3) is 0 Å². The van der Waals surface area contributed by atoms with Crippen molar-refractivity contribution < 1.29 is 25.9 Å². The van der Waals surface area contributed by atoms with E-state index in [1.165, 1.54) is 126 Å². The highest BCUT2D eigenvalue weighted by Gasteiger charge is 2.47. The van der Waals surface area contributed by atoms with Crippen LogP contribution in [0.2, 0.25) is 0 Å². The maximum absolute atomic E-state index is 5.82. The molecule has 0 aromatic rings. The van der Waals surface area contributed by atoms with Gasteiger partial charge in [-0.3, -0.25) is 0 Å². The molecule has 0 aromatic carbocycles. The predicted octanol–water partition coefficient (Wildman–Crippen LogP) is 0.531. The molecule has 0 amide bonds. The Balaban J connectivity index is 0.00000288. The average Bonchev–Trinajstić information content (AvgIpc) is 2.59. The van der Waals surface area contributed by atoms with Crippen molar-refractivity contribution in [2.24, 2.45) is 5.73 Å². The number of rotatable bonds is 13. The molecule has 0 spiro atoms. The van der Waals surface area contributed by atoms with Crippen LogP contribution in [0.15, 0.2) is 0 Å². The lowest BCUT2D eigenvalue weighted by atomic mass is 10.0. The van der Waals surface area contributed by atoms with Crippen molar-refractivity contribution in [3.63, 3.8) is 0 Å². The summed E-state index contributed by atoms with van der Waals surface area (Å²) < 4.78 is 2.79. The first kappa shape index (κ1) is 22.4. The SMILES string of the molecule is CCCCCCCCCCCC[N+]12CC[N+](CCN)(CC1)CC2.[Br-]. The summed E-state index contributed by atoms with van der Waals surface area (Å²) in [6.07, 6.45) is 14.6. The van der Waals surface area contributed by atoms with Crippen molar-refractivity contribution in [1.82, 2.24) is 0 Å². The Morgan fingerprint density at radius 2 is 0.958 bits per heavy atom. The Morgan fingerprint density at radius 1 is 0.583 bits per heavy atom. The summed E-state index contributed by atoms with van der Waals surface area (Å²) >= 11 is 0. The number of unbranched alkanes of at least 4 members (excludes halogenated alkanes) is 9. The molecule has 3 heterocycles. The number of nitrogens with zero attached hydrogens (tertiary/aromatic N) is 2. The molecule has 0 radical (unpaired) electrons. The number of piperazine rings is 3. The summed E-state index contributed by atoms with van der Waals surface area (Å²) in [5, 5.41) is 0. The number of halogens is 1. The topological polar surface area (TPSA) is 26.0 Å². The van der Waals surface area contributed by atoms with Crippen molar-refractivity contribution in [3.8, 4) is 0 Å². The largest absolute Gasteiger partial charge is 1.00 e. The molecule has 0 aliphatic carbocycles. The molecule has 3 fully saturated rings. The summed E-state index contributed by atoms with van der Waals surface area (Å²) in [5.74, 6) is 0. The minimum absolute atomic E-state index is 0. The molecule has 4 heteroatoms. The zero-order valence-corrected chi connectivity index (χ0v) is 17.9. The van der Waals surface area contributed by atoms with E-state index in [1.807, 2.05) is 0 Å². The second-order valence-electron chi connectivity index (χ2n) is 8.44. The monoisotopic (exact) mass is 404 g/mol. The predicted molar refractivity (Wildman–Crippen MR) is 100 cm³/mol. The number of nitrogens with two attached hydrogens (primary N) is 1. The Hall–Kier alpha value is 0.360. The van der Waals surface area contributed by atoms with Gasteiger partial charge < -0.3 is 31.7 Å². The van der Waals surface area contributed by atoms with Gasteiger partial charge in [-0.2, -0.15) is 0 Å². The molecule has 3 aliphatic rings. The van der Waals surface area contributed by atoms with Crippen molar-refractivity contribution in [2.75, 3.05) is 58.9 Å². The third kappa shape index (κ3) is 6.93. The third-order valence-electron chi connectivity index (χ3n) is 6.74. The Morgan fingerprint density at radius 3 is 1.38 bits per heavy atom. The number of quaternary nitrogens is 2. The van der Waals surface area contributed by atoms with E-state index in [1.54, 1.807) is 0 Å². The summed E-state index contributed by atoms with van der Waals surface area (Å²) in [4.78, 5) is 0. The fraction of sp³-hybridized carbons (Fsp3) is 1.00. The Bertz CT molecular complexity index is 297. The lowest BCUT2D eigenvalue weighted by molar-refractivity contribution is -1.08. The normalized spacial score (nSPS) is 28.8. The van der Waals surface area contributed by atoms with Crippen LogP contribution in [0.3, 0.4) is 0 Å². The first-order valence-electron chi connectivity index (χ1n) is 10.6. The fourth-order valence-electron chi connectivity index (χ4n) is 4.82. The molecule has 3 aliphatic heterocycles. The molecule has 144 valence electrons. The van der Waals surface area contributed by atoms with Crippen LogP contribution in [0.1, 0.15) is 71.1 Å². The van der Waals surface area contributed by atoms with Crippen molar-refractivity contribution in [1.29, 1.82) is 0 Å². The van der Waals surface area contributed by atoms with E-state index >= 15 is 0 Å². The van der Waals surface area contributed by atoms with Crippen molar-refractivity contribution in [2.45, 2.75) is 71.1 Å². The highest BCUT2D eigenvalue weighted by molar-refractivity contribution is 4.63. The number of fused-ring (bicyclic) bond motifs is 3. The van der Waals surface area contributed by atoms with Crippen LogP contribution >= 0.6 is 0 Å². The molecule has 2 N–H and O–H groups in total. The van der Waals surface area contributed by atoms with Crippen LogP contribution in [-0.4, -0.2) is 67.9 Å². The van der Waals surface area contributed by atoms with Crippen LogP contribution < -0.4 is 22.7 Å². The van der Waals surface area contributed by atoms with E-state index < -0.39 is 0 Å². The van der Waals surface area contributed by atoms with Gasteiger partial charge >= 0.3 is 0 Å². The number of hydrogen-bond acceptors (Lipinski definition) is 1. The molecule has 3 saturated heterocycles. The van der Waals surface area contributed by atoms with Gasteiger partial charge in [0.05, 0.1) is 13.1 Å². The maximum atomic E-state index is 5.82. The molecular formula is C20H43BrN3+. The molecule has 0 atom stereocenters. The highest BCUT2D eigenvalue weighted by Crippen LogP contribution is 2.27. The quantitative estimate of drug-likeness (QED) is 0.351. The summed E-state index contributed by atoms with van der Waals surface area (Å²) in [7, 11) is 0. The first-order chi connectivity index (χ1) is 11.2. The molecule has 2 bridgehead atoms. The minimum Gasteiger partial charge on any atom is -1.00 e. The number of hydrogen-bond donors (Lipinski definition) is 1. The molecular weight excluding hydrogens is 362 g/mol. The molecule has 3 nitrogen and oxygen atoms in total. The minimum atomic E-state index is 0. The van der Waals surface area contributed by atoms with E-state index in [4.69, 9.17) is 5.73 Å². The maximum Gasteiger partial charge on any atom is 0.129 e. The zero-order chi connectivity index (χ0) is 16.4. The van der Waals surface area contributed by atoms with E-state index in [0.717, 1.165) is 6.54 Å². The second-order valence-corrected chi connectivity index (χ2v) is 8.44. The Labute approximate surface area is 161 Å². The van der Waals surface area contributed by atoms with Gasteiger partial charge in [0.1, 0.15) is 39.3 Å². The van der Waals surface area contributed by atoms with Gasteiger partial charge in [0.15, 0.2) is 0 Å². The van der Waals surface area contributed by atoms with E-state index in [0.29, 0.717) is 0 Å². The van der Waals surface area contributed by atoms with Crippen LogP contribution in [0.4, 0.5) is 0 Å². The molecule has 0 saturated carbocycles. The summed E-state index contributed by atoms with van der Waals surface area (Å²) in [6.45, 7) is 14.3. The van der Waals surface area contributed by atoms with Crippen LogP contribution in [0, 0.1) is 0 Å². The lowest BCUT2D eigenvalue weighted by Crippen LogP contribution is -3.00. The molecule has 0 unspecified atom stereocenters. The standard InChI is InChI=1S/C20H43N3.BrH/c1-2-3-4-5-6-7-8-9-10-11-13-22-15-18-23(14-12-21,19-16-22)20-17-22;/h2-21H2,1H3;1H/q+2;/p-1. The van der Waals surface area contributed by atoms with E-state index in [9.17, 15) is 0 Å². The first-order valence-corrected chi connectivity index (χ1v) is 10.6. The van der Waals surface area contributed by atoms with Gasteiger partial charge in [0, 0.05) is 6.54 Å². The smallest absolute Gasteiger partial charge is 0.129 e. The third-order valence-corrected chi connectivity index (χ3v) is 6.74. The van der Waals surface area contributed by atoms with Crippen LogP contribution in [0.5, 0.6) is 0 Å². The van der Waals surface area contributed by atoms with Crippen LogP contribution in [-0.2, 0) is 0 Å². The van der Waals surface area contributed by atoms with Gasteiger partial charge in [0.2, 0.25) is 0 Å².